The Kier molecular flexibility index (Phi) is 5.10. The molecule has 1 N–H and O–H groups in total. The van der Waals surface area contributed by atoms with Crippen LogP contribution in [0.4, 0.5) is 5.69 Å². The van der Waals surface area contributed by atoms with Gasteiger partial charge in [-0.15, -0.1) is 0 Å². The number of imidazole rings is 1. The summed E-state index contributed by atoms with van der Waals surface area (Å²) in [4.78, 5) is 29.8. The van der Waals surface area contributed by atoms with Crippen LogP contribution in [0.2, 0.25) is 0 Å². The molecule has 1 atom stereocenters. The lowest BCUT2D eigenvalue weighted by Crippen LogP contribution is -2.22. The number of benzene rings is 2. The van der Waals surface area contributed by atoms with Crippen LogP contribution in [-0.4, -0.2) is 27.0 Å². The second-order valence-electron chi connectivity index (χ2n) is 7.55. The fourth-order valence-electron chi connectivity index (χ4n) is 4.05. The van der Waals surface area contributed by atoms with E-state index in [2.05, 4.69) is 16.9 Å². The molecule has 2 heterocycles. The van der Waals surface area contributed by atoms with Crippen molar-refractivity contribution in [3.05, 3.63) is 82.0 Å². The molecule has 0 aliphatic heterocycles. The summed E-state index contributed by atoms with van der Waals surface area (Å²) in [5.74, 6) is -0.411. The van der Waals surface area contributed by atoms with Crippen molar-refractivity contribution < 1.29 is 9.53 Å². The highest BCUT2D eigenvalue weighted by Crippen LogP contribution is 2.30. The first-order valence-electron chi connectivity index (χ1n) is 9.94. The summed E-state index contributed by atoms with van der Waals surface area (Å²) < 4.78 is 8.43. The number of hydrogen-bond donors (Lipinski definition) is 1. The molecule has 0 saturated carbocycles. The van der Waals surface area contributed by atoms with E-state index in [0.717, 1.165) is 16.6 Å². The number of hydrogen-bond acceptors (Lipinski definition) is 5. The van der Waals surface area contributed by atoms with Crippen molar-refractivity contribution >= 4 is 34.3 Å². The summed E-state index contributed by atoms with van der Waals surface area (Å²) >= 11 is 0. The van der Waals surface area contributed by atoms with Crippen molar-refractivity contribution in [1.29, 1.82) is 0 Å². The van der Waals surface area contributed by atoms with Gasteiger partial charge in [-0.2, -0.15) is 0 Å². The molecule has 4 rings (SSSR count). The highest BCUT2D eigenvalue weighted by molar-refractivity contribution is 5.95. The predicted molar refractivity (Wildman–Crippen MR) is 123 cm³/mol. The zero-order valence-corrected chi connectivity index (χ0v) is 18.0. The fraction of sp³-hybridized carbons (Fsp3) is 0.208. The maximum absolute atomic E-state index is 13.2. The van der Waals surface area contributed by atoms with E-state index in [9.17, 15) is 9.59 Å². The fourth-order valence-corrected chi connectivity index (χ4v) is 4.05. The third-order valence-electron chi connectivity index (χ3n) is 5.51. The number of aromatic nitrogens is 3. The number of anilines is 1. The number of carbonyl (C=O) groups is 1. The predicted octanol–water partition coefficient (Wildman–Crippen LogP) is 4.10. The Labute approximate surface area is 179 Å². The van der Waals surface area contributed by atoms with Crippen LogP contribution in [0.5, 0.6) is 0 Å². The molecule has 7 heteroatoms. The van der Waals surface area contributed by atoms with Gasteiger partial charge in [0.1, 0.15) is 17.7 Å². The number of aryl methyl sites for hydroxylation is 2. The molecule has 7 nitrogen and oxygen atoms in total. The van der Waals surface area contributed by atoms with Crippen LogP contribution in [-0.2, 0) is 11.8 Å². The summed E-state index contributed by atoms with van der Waals surface area (Å²) in [6.07, 6.45) is 3.35. The quantitative estimate of drug-likeness (QED) is 0.496. The Morgan fingerprint density at radius 1 is 1.29 bits per heavy atom. The average molecular weight is 416 g/mol. The molecule has 0 amide bonds. The monoisotopic (exact) mass is 416 g/mol. The van der Waals surface area contributed by atoms with Crippen molar-refractivity contribution in [1.82, 2.24) is 14.0 Å². The molecule has 0 aliphatic carbocycles. The van der Waals surface area contributed by atoms with Crippen molar-refractivity contribution in [2.75, 3.05) is 12.4 Å². The topological polar surface area (TPSA) is 77.6 Å². The van der Waals surface area contributed by atoms with Crippen LogP contribution in [0.25, 0.3) is 22.6 Å². The number of rotatable bonds is 5. The molecule has 0 spiro atoms. The first kappa shape index (κ1) is 20.4. The molecule has 0 bridgehead atoms. The van der Waals surface area contributed by atoms with Crippen LogP contribution >= 0.6 is 0 Å². The number of methoxy groups -OCH3 is 1. The van der Waals surface area contributed by atoms with Gasteiger partial charge in [0.05, 0.1) is 29.6 Å². The van der Waals surface area contributed by atoms with Crippen LogP contribution < -0.4 is 10.9 Å². The van der Waals surface area contributed by atoms with E-state index in [4.69, 9.17) is 4.74 Å². The minimum atomic E-state index is -0.411. The van der Waals surface area contributed by atoms with Crippen molar-refractivity contribution in [3.8, 4) is 0 Å². The molecule has 0 radical (unpaired) electrons. The average Bonchev–Trinajstić information content (AvgIpc) is 3.20. The zero-order valence-electron chi connectivity index (χ0n) is 18.0. The lowest BCUT2D eigenvalue weighted by atomic mass is 10.00. The summed E-state index contributed by atoms with van der Waals surface area (Å²) in [6.45, 7) is 7.78. The minimum Gasteiger partial charge on any atom is -0.465 e. The molecule has 0 aliphatic rings. The smallest absolute Gasteiger partial charge is 0.339 e. The van der Waals surface area contributed by atoms with Gasteiger partial charge >= 0.3 is 5.97 Å². The molecule has 4 aromatic rings. The Bertz CT molecular complexity index is 1400. The van der Waals surface area contributed by atoms with Crippen LogP contribution in [0.1, 0.15) is 40.1 Å². The lowest BCUT2D eigenvalue weighted by Gasteiger charge is -2.21. The molecule has 0 fully saturated rings. The van der Waals surface area contributed by atoms with E-state index in [1.54, 1.807) is 36.2 Å². The standard InChI is InChI=1S/C24H24N4O3/c1-6-19-22-27(4)23(29)18-12-14(2)11-17(21(18)28(22)13-25-19)15(3)26-20-10-8-7-9-16(20)24(30)31-5/h6-13,15,26H,1H2,2-5H3. The van der Waals surface area contributed by atoms with Crippen LogP contribution in [0.3, 0.4) is 0 Å². The zero-order chi connectivity index (χ0) is 22.3. The lowest BCUT2D eigenvalue weighted by molar-refractivity contribution is 0.0602. The number of esters is 1. The number of carbonyl (C=O) groups excluding carboxylic acids is 1. The van der Waals surface area contributed by atoms with Gasteiger partial charge in [-0.05, 0) is 49.2 Å². The number of fused-ring (bicyclic) bond motifs is 3. The molecule has 2 aromatic heterocycles. The van der Waals surface area contributed by atoms with Gasteiger partial charge in [0, 0.05) is 12.7 Å². The van der Waals surface area contributed by atoms with E-state index in [-0.39, 0.29) is 11.6 Å². The van der Waals surface area contributed by atoms with Gasteiger partial charge in [0.25, 0.3) is 5.56 Å². The third kappa shape index (κ3) is 3.28. The maximum atomic E-state index is 13.2. The maximum Gasteiger partial charge on any atom is 0.339 e. The largest absolute Gasteiger partial charge is 0.465 e. The Morgan fingerprint density at radius 3 is 2.74 bits per heavy atom. The van der Waals surface area contributed by atoms with E-state index in [1.165, 1.54) is 7.11 Å². The summed E-state index contributed by atoms with van der Waals surface area (Å²) in [7, 11) is 3.10. The van der Waals surface area contributed by atoms with Crippen molar-refractivity contribution in [2.24, 2.45) is 7.05 Å². The van der Waals surface area contributed by atoms with Gasteiger partial charge in [0.2, 0.25) is 0 Å². The Balaban J connectivity index is 1.95. The van der Waals surface area contributed by atoms with Gasteiger partial charge in [-0.3, -0.25) is 13.8 Å². The Morgan fingerprint density at radius 2 is 2.03 bits per heavy atom. The number of nitrogens with one attached hydrogen (secondary N) is 1. The SMILES string of the molecule is C=Cc1ncn2c3c(C(C)Nc4ccccc4C(=O)OC)cc(C)cc3c(=O)n(C)c12. The van der Waals surface area contributed by atoms with E-state index >= 15 is 0 Å². The van der Waals surface area contributed by atoms with Gasteiger partial charge in [0.15, 0.2) is 0 Å². The third-order valence-corrected chi connectivity index (χ3v) is 5.51. The number of ether oxygens (including phenoxy) is 1. The van der Waals surface area contributed by atoms with Crippen molar-refractivity contribution in [2.45, 2.75) is 19.9 Å². The summed E-state index contributed by atoms with van der Waals surface area (Å²) in [6, 6.07) is 10.9. The molecule has 158 valence electrons. The molecule has 1 unspecified atom stereocenters. The highest BCUT2D eigenvalue weighted by atomic mass is 16.5. The highest BCUT2D eigenvalue weighted by Gasteiger charge is 2.20. The van der Waals surface area contributed by atoms with Gasteiger partial charge < -0.3 is 10.1 Å². The molecule has 31 heavy (non-hydrogen) atoms. The Hall–Kier alpha value is -3.87. The van der Waals surface area contributed by atoms with E-state index in [0.29, 0.717) is 28.0 Å². The summed E-state index contributed by atoms with van der Waals surface area (Å²) in [5, 5.41) is 4.02. The van der Waals surface area contributed by atoms with Gasteiger partial charge in [-0.25, -0.2) is 9.78 Å². The van der Waals surface area contributed by atoms with Crippen molar-refractivity contribution in [3.63, 3.8) is 0 Å². The molecule has 2 aromatic carbocycles. The van der Waals surface area contributed by atoms with Crippen LogP contribution in [0, 0.1) is 6.92 Å². The normalized spacial score (nSPS) is 12.1. The molecular formula is C24H24N4O3. The first-order chi connectivity index (χ1) is 14.9. The summed E-state index contributed by atoms with van der Waals surface area (Å²) in [5.41, 5.74) is 5.01. The number of nitrogens with zero attached hydrogens (tertiary/aromatic N) is 3. The number of para-hydroxylation sites is 1. The second-order valence-corrected chi connectivity index (χ2v) is 7.55. The first-order valence-corrected chi connectivity index (χ1v) is 9.94. The van der Waals surface area contributed by atoms with E-state index < -0.39 is 5.97 Å². The van der Waals surface area contributed by atoms with Gasteiger partial charge in [-0.1, -0.05) is 24.8 Å². The minimum absolute atomic E-state index is 0.0989. The molecular weight excluding hydrogens is 392 g/mol. The van der Waals surface area contributed by atoms with E-state index in [1.807, 2.05) is 42.5 Å². The second kappa shape index (κ2) is 7.75. The van der Waals surface area contributed by atoms with Crippen LogP contribution in [0.15, 0.2) is 54.1 Å². The molecule has 0 saturated heterocycles.